The molecule has 2 unspecified atom stereocenters. The second-order valence-electron chi connectivity index (χ2n) is 6.67. The van der Waals surface area contributed by atoms with Gasteiger partial charge in [-0.3, -0.25) is 0 Å². The molecule has 0 radical (unpaired) electrons. The summed E-state index contributed by atoms with van der Waals surface area (Å²) in [6, 6.07) is 9.40. The van der Waals surface area contributed by atoms with Crippen LogP contribution in [0.5, 0.6) is 0 Å². The van der Waals surface area contributed by atoms with Crippen molar-refractivity contribution in [3.05, 3.63) is 33.4 Å². The van der Waals surface area contributed by atoms with Crippen molar-refractivity contribution in [2.45, 2.75) is 56.6 Å². The van der Waals surface area contributed by atoms with E-state index in [-0.39, 0.29) is 5.60 Å². The lowest BCUT2D eigenvalue weighted by Crippen LogP contribution is -2.44. The minimum atomic E-state index is 0.193. The average Bonchev–Trinajstić information content (AvgIpc) is 2.49. The predicted octanol–water partition coefficient (Wildman–Crippen LogP) is 4.68. The Labute approximate surface area is 142 Å². The minimum Gasteiger partial charge on any atom is -0.375 e. The number of ether oxygens (including phenoxy) is 1. The molecule has 0 amide bonds. The van der Waals surface area contributed by atoms with Crippen molar-refractivity contribution in [1.29, 1.82) is 0 Å². The van der Waals surface area contributed by atoms with Gasteiger partial charge in [-0.1, -0.05) is 31.4 Å². The Morgan fingerprint density at radius 3 is 2.81 bits per heavy atom. The molecule has 1 spiro atoms. The SMILES string of the molecule is CNC(c1cccc(I)c1)C1CCOC2(CCCCC2)C1. The highest BCUT2D eigenvalue weighted by Crippen LogP contribution is 2.44. The Balaban J connectivity index is 1.77. The minimum absolute atomic E-state index is 0.193. The number of hydrogen-bond donors (Lipinski definition) is 1. The lowest BCUT2D eigenvalue weighted by molar-refractivity contribution is -0.121. The second-order valence-corrected chi connectivity index (χ2v) is 7.91. The Kier molecular flexibility index (Phi) is 5.23. The van der Waals surface area contributed by atoms with Crippen molar-refractivity contribution in [2.24, 2.45) is 5.92 Å². The normalized spacial score (nSPS) is 26.7. The molecule has 1 N–H and O–H groups in total. The lowest BCUT2D eigenvalue weighted by atomic mass is 9.73. The molecule has 2 nitrogen and oxygen atoms in total. The zero-order chi connectivity index (χ0) is 14.7. The number of benzene rings is 1. The van der Waals surface area contributed by atoms with Crippen LogP contribution in [0.15, 0.2) is 24.3 Å². The van der Waals surface area contributed by atoms with Crippen molar-refractivity contribution in [1.82, 2.24) is 5.32 Å². The molecule has 1 aliphatic heterocycles. The molecule has 2 aliphatic rings. The molecular weight excluding hydrogens is 373 g/mol. The topological polar surface area (TPSA) is 21.3 Å². The number of halogens is 1. The zero-order valence-electron chi connectivity index (χ0n) is 12.9. The van der Waals surface area contributed by atoms with Crippen LogP contribution < -0.4 is 5.32 Å². The van der Waals surface area contributed by atoms with Gasteiger partial charge in [-0.05, 0) is 78.9 Å². The van der Waals surface area contributed by atoms with Crippen molar-refractivity contribution >= 4 is 22.6 Å². The van der Waals surface area contributed by atoms with Crippen LogP contribution in [0.2, 0.25) is 0 Å². The molecule has 1 aromatic rings. The monoisotopic (exact) mass is 399 g/mol. The van der Waals surface area contributed by atoms with Gasteiger partial charge in [-0.2, -0.15) is 0 Å². The molecule has 3 rings (SSSR count). The molecule has 1 heterocycles. The standard InChI is InChI=1S/C18H26INO/c1-20-17(14-6-5-7-16(19)12-14)15-8-11-21-18(13-15)9-3-2-4-10-18/h5-7,12,15,17,20H,2-4,8-11,13H2,1H3. The maximum Gasteiger partial charge on any atom is 0.0686 e. The van der Waals surface area contributed by atoms with E-state index in [0.29, 0.717) is 12.0 Å². The summed E-state index contributed by atoms with van der Waals surface area (Å²) in [6.45, 7) is 0.937. The van der Waals surface area contributed by atoms with E-state index in [9.17, 15) is 0 Å². The van der Waals surface area contributed by atoms with Gasteiger partial charge in [0.05, 0.1) is 5.60 Å². The third-order valence-electron chi connectivity index (χ3n) is 5.29. The molecule has 1 aliphatic carbocycles. The van der Waals surface area contributed by atoms with Crippen LogP contribution in [0.3, 0.4) is 0 Å². The van der Waals surface area contributed by atoms with E-state index in [1.54, 1.807) is 0 Å². The van der Waals surface area contributed by atoms with Crippen LogP contribution in [0, 0.1) is 9.49 Å². The molecule has 116 valence electrons. The fourth-order valence-electron chi connectivity index (χ4n) is 4.27. The molecule has 0 aromatic heterocycles. The van der Waals surface area contributed by atoms with Crippen LogP contribution in [0.25, 0.3) is 0 Å². The number of hydrogen-bond acceptors (Lipinski definition) is 2. The summed E-state index contributed by atoms with van der Waals surface area (Å²) < 4.78 is 7.59. The summed E-state index contributed by atoms with van der Waals surface area (Å²) >= 11 is 2.41. The van der Waals surface area contributed by atoms with E-state index >= 15 is 0 Å². The van der Waals surface area contributed by atoms with Gasteiger partial charge in [0.1, 0.15) is 0 Å². The van der Waals surface area contributed by atoms with E-state index in [0.717, 1.165) is 6.61 Å². The van der Waals surface area contributed by atoms with E-state index in [1.165, 1.54) is 54.1 Å². The summed E-state index contributed by atoms with van der Waals surface area (Å²) in [5, 5.41) is 3.58. The van der Waals surface area contributed by atoms with Gasteiger partial charge in [-0.25, -0.2) is 0 Å². The third-order valence-corrected chi connectivity index (χ3v) is 5.96. The van der Waals surface area contributed by atoms with Gasteiger partial charge in [0.25, 0.3) is 0 Å². The van der Waals surface area contributed by atoms with Crippen molar-refractivity contribution in [3.8, 4) is 0 Å². The average molecular weight is 399 g/mol. The molecule has 2 atom stereocenters. The lowest BCUT2D eigenvalue weighted by Gasteiger charge is -2.45. The van der Waals surface area contributed by atoms with E-state index in [1.807, 2.05) is 0 Å². The Morgan fingerprint density at radius 1 is 1.29 bits per heavy atom. The fourth-order valence-corrected chi connectivity index (χ4v) is 4.84. The van der Waals surface area contributed by atoms with E-state index < -0.39 is 0 Å². The molecule has 2 fully saturated rings. The summed E-state index contributed by atoms with van der Waals surface area (Å²) in [5.41, 5.74) is 1.63. The number of nitrogens with one attached hydrogen (secondary N) is 1. The van der Waals surface area contributed by atoms with Crippen molar-refractivity contribution in [3.63, 3.8) is 0 Å². The van der Waals surface area contributed by atoms with E-state index in [2.05, 4.69) is 59.2 Å². The maximum absolute atomic E-state index is 6.26. The van der Waals surface area contributed by atoms with Crippen LogP contribution in [0.1, 0.15) is 56.6 Å². The molecule has 1 aromatic carbocycles. The molecule has 1 saturated carbocycles. The first kappa shape index (κ1) is 15.8. The third kappa shape index (κ3) is 3.62. The fraction of sp³-hybridized carbons (Fsp3) is 0.667. The van der Waals surface area contributed by atoms with Crippen LogP contribution in [-0.2, 0) is 4.74 Å². The van der Waals surface area contributed by atoms with Crippen LogP contribution >= 0.6 is 22.6 Å². The highest BCUT2D eigenvalue weighted by Gasteiger charge is 2.40. The summed E-state index contributed by atoms with van der Waals surface area (Å²) in [4.78, 5) is 0. The van der Waals surface area contributed by atoms with Crippen LogP contribution in [0.4, 0.5) is 0 Å². The summed E-state index contributed by atoms with van der Waals surface area (Å²) in [6.07, 6.45) is 9.03. The van der Waals surface area contributed by atoms with Crippen molar-refractivity contribution < 1.29 is 4.74 Å². The largest absolute Gasteiger partial charge is 0.375 e. The second kappa shape index (κ2) is 6.97. The first-order valence-electron chi connectivity index (χ1n) is 8.29. The Bertz CT molecular complexity index is 465. The molecule has 21 heavy (non-hydrogen) atoms. The molecule has 3 heteroatoms. The van der Waals surface area contributed by atoms with Crippen LogP contribution in [-0.4, -0.2) is 19.3 Å². The smallest absolute Gasteiger partial charge is 0.0686 e. The zero-order valence-corrected chi connectivity index (χ0v) is 15.1. The first-order valence-corrected chi connectivity index (χ1v) is 9.37. The molecule has 1 saturated heterocycles. The molecule has 0 bridgehead atoms. The Morgan fingerprint density at radius 2 is 2.10 bits per heavy atom. The quantitative estimate of drug-likeness (QED) is 0.746. The number of rotatable bonds is 3. The Hall–Kier alpha value is -0.130. The predicted molar refractivity (Wildman–Crippen MR) is 95.5 cm³/mol. The van der Waals surface area contributed by atoms with Gasteiger partial charge in [0.15, 0.2) is 0 Å². The van der Waals surface area contributed by atoms with Gasteiger partial charge in [0.2, 0.25) is 0 Å². The van der Waals surface area contributed by atoms with Crippen molar-refractivity contribution in [2.75, 3.05) is 13.7 Å². The van der Waals surface area contributed by atoms with Gasteiger partial charge in [-0.15, -0.1) is 0 Å². The highest BCUT2D eigenvalue weighted by atomic mass is 127. The van der Waals surface area contributed by atoms with Gasteiger partial charge >= 0.3 is 0 Å². The maximum atomic E-state index is 6.26. The van der Waals surface area contributed by atoms with E-state index in [4.69, 9.17) is 4.74 Å². The first-order chi connectivity index (χ1) is 10.2. The summed E-state index contributed by atoms with van der Waals surface area (Å²) in [7, 11) is 2.10. The molecular formula is C18H26INO. The van der Waals surface area contributed by atoms with Gasteiger partial charge in [0, 0.05) is 16.2 Å². The van der Waals surface area contributed by atoms with Gasteiger partial charge < -0.3 is 10.1 Å². The highest BCUT2D eigenvalue weighted by molar-refractivity contribution is 14.1. The summed E-state index contributed by atoms with van der Waals surface area (Å²) in [5.74, 6) is 0.694.